The van der Waals surface area contributed by atoms with Crippen LogP contribution in [0.5, 0.6) is 5.75 Å². The molecular formula is C19H16N2O3S. The molecule has 0 aromatic heterocycles. The summed E-state index contributed by atoms with van der Waals surface area (Å²) in [5.41, 5.74) is 3.12. The van der Waals surface area contributed by atoms with E-state index in [9.17, 15) is 14.7 Å². The van der Waals surface area contributed by atoms with Crippen molar-refractivity contribution in [3.63, 3.8) is 0 Å². The lowest BCUT2D eigenvalue weighted by Crippen LogP contribution is -2.54. The highest BCUT2D eigenvalue weighted by molar-refractivity contribution is 7.80. The Kier molecular flexibility index (Phi) is 4.37. The number of aromatic hydroxyl groups is 1. The Labute approximate surface area is 150 Å². The number of thiocarbonyl (C=S) groups is 1. The van der Waals surface area contributed by atoms with Gasteiger partial charge in [0.05, 0.1) is 5.69 Å². The number of aryl methyl sites for hydroxylation is 2. The maximum absolute atomic E-state index is 12.9. The minimum Gasteiger partial charge on any atom is -0.508 e. The van der Waals surface area contributed by atoms with Gasteiger partial charge in [-0.3, -0.25) is 19.8 Å². The third kappa shape index (κ3) is 3.29. The standard InChI is InChI=1S/C19H16N2O3S/c1-11-3-4-12(2)16(9-11)21-18(24)15(17(23)20-19(21)25)10-13-5-7-14(22)8-6-13/h3-10,22H,1-2H3,(H,20,23,25)/b15-10+. The SMILES string of the molecule is Cc1ccc(C)c(N2C(=O)/C(=C/c3ccc(O)cc3)C(=O)NC2=S)c1. The third-order valence-corrected chi connectivity index (χ3v) is 4.20. The van der Waals surface area contributed by atoms with Crippen LogP contribution < -0.4 is 10.2 Å². The first-order valence-electron chi connectivity index (χ1n) is 7.64. The van der Waals surface area contributed by atoms with Crippen molar-refractivity contribution in [3.05, 3.63) is 64.7 Å². The zero-order valence-electron chi connectivity index (χ0n) is 13.7. The Bertz CT molecular complexity index is 917. The molecule has 1 aliphatic rings. The summed E-state index contributed by atoms with van der Waals surface area (Å²) in [6.45, 7) is 3.80. The van der Waals surface area contributed by atoms with Crippen LogP contribution in [0.4, 0.5) is 5.69 Å². The average Bonchev–Trinajstić information content (AvgIpc) is 2.56. The highest BCUT2D eigenvalue weighted by Gasteiger charge is 2.35. The molecule has 0 spiro atoms. The van der Waals surface area contributed by atoms with Crippen molar-refractivity contribution < 1.29 is 14.7 Å². The number of anilines is 1. The maximum atomic E-state index is 12.9. The quantitative estimate of drug-likeness (QED) is 0.495. The van der Waals surface area contributed by atoms with E-state index < -0.39 is 11.8 Å². The summed E-state index contributed by atoms with van der Waals surface area (Å²) in [5, 5.41) is 12.0. The molecule has 0 bridgehead atoms. The van der Waals surface area contributed by atoms with Crippen LogP contribution in [0.3, 0.4) is 0 Å². The van der Waals surface area contributed by atoms with Crippen LogP contribution in [0.1, 0.15) is 16.7 Å². The van der Waals surface area contributed by atoms with Crippen LogP contribution in [-0.2, 0) is 9.59 Å². The predicted molar refractivity (Wildman–Crippen MR) is 100 cm³/mol. The number of amides is 2. The van der Waals surface area contributed by atoms with Crippen LogP contribution in [0, 0.1) is 13.8 Å². The van der Waals surface area contributed by atoms with E-state index in [0.717, 1.165) is 11.1 Å². The molecule has 3 rings (SSSR count). The molecule has 126 valence electrons. The van der Waals surface area contributed by atoms with Crippen LogP contribution in [0.25, 0.3) is 6.08 Å². The predicted octanol–water partition coefficient (Wildman–Crippen LogP) is 2.84. The zero-order valence-corrected chi connectivity index (χ0v) is 14.6. The fourth-order valence-electron chi connectivity index (χ4n) is 2.57. The van der Waals surface area contributed by atoms with Gasteiger partial charge in [-0.25, -0.2) is 0 Å². The summed E-state index contributed by atoms with van der Waals surface area (Å²) in [4.78, 5) is 26.5. The molecular weight excluding hydrogens is 336 g/mol. The second kappa shape index (κ2) is 6.49. The molecule has 1 saturated heterocycles. The molecule has 0 saturated carbocycles. The Morgan fingerprint density at radius 3 is 2.44 bits per heavy atom. The van der Waals surface area contributed by atoms with Crippen molar-refractivity contribution >= 4 is 40.9 Å². The van der Waals surface area contributed by atoms with E-state index in [0.29, 0.717) is 11.3 Å². The number of phenolic OH excluding ortho intramolecular Hbond substituents is 1. The van der Waals surface area contributed by atoms with Gasteiger partial charge in [0.15, 0.2) is 5.11 Å². The number of carbonyl (C=O) groups excluding carboxylic acids is 2. The number of carbonyl (C=O) groups is 2. The van der Waals surface area contributed by atoms with Gasteiger partial charge in [0.25, 0.3) is 11.8 Å². The minimum atomic E-state index is -0.537. The van der Waals surface area contributed by atoms with Crippen molar-refractivity contribution in [2.24, 2.45) is 0 Å². The topological polar surface area (TPSA) is 69.6 Å². The summed E-state index contributed by atoms with van der Waals surface area (Å²) >= 11 is 5.21. The monoisotopic (exact) mass is 352 g/mol. The Morgan fingerprint density at radius 1 is 1.08 bits per heavy atom. The maximum Gasteiger partial charge on any atom is 0.270 e. The Morgan fingerprint density at radius 2 is 1.76 bits per heavy atom. The second-order valence-corrected chi connectivity index (χ2v) is 6.23. The zero-order chi connectivity index (χ0) is 18.1. The molecule has 1 aliphatic heterocycles. The number of hydrogen-bond acceptors (Lipinski definition) is 4. The molecule has 0 aliphatic carbocycles. The van der Waals surface area contributed by atoms with E-state index in [2.05, 4.69) is 5.32 Å². The van der Waals surface area contributed by atoms with Gasteiger partial charge >= 0.3 is 0 Å². The fourth-order valence-corrected chi connectivity index (χ4v) is 2.85. The van der Waals surface area contributed by atoms with Gasteiger partial charge in [0, 0.05) is 0 Å². The molecule has 1 fully saturated rings. The third-order valence-electron chi connectivity index (χ3n) is 3.91. The first-order valence-corrected chi connectivity index (χ1v) is 8.05. The van der Waals surface area contributed by atoms with E-state index in [-0.39, 0.29) is 16.4 Å². The lowest BCUT2D eigenvalue weighted by molar-refractivity contribution is -0.122. The van der Waals surface area contributed by atoms with E-state index in [1.54, 1.807) is 12.1 Å². The van der Waals surface area contributed by atoms with Gasteiger partial charge < -0.3 is 5.11 Å². The summed E-state index contributed by atoms with van der Waals surface area (Å²) in [6.07, 6.45) is 1.48. The first kappa shape index (κ1) is 16.9. The van der Waals surface area contributed by atoms with Crippen LogP contribution in [0.2, 0.25) is 0 Å². The van der Waals surface area contributed by atoms with Crippen LogP contribution >= 0.6 is 12.2 Å². The van der Waals surface area contributed by atoms with Gasteiger partial charge in [0.2, 0.25) is 0 Å². The second-order valence-electron chi connectivity index (χ2n) is 5.84. The summed E-state index contributed by atoms with van der Waals surface area (Å²) in [5.74, 6) is -0.903. The summed E-state index contributed by atoms with van der Waals surface area (Å²) < 4.78 is 0. The van der Waals surface area contributed by atoms with Crippen LogP contribution in [-0.4, -0.2) is 22.0 Å². The molecule has 2 amide bonds. The smallest absolute Gasteiger partial charge is 0.270 e. The Hall–Kier alpha value is -2.99. The van der Waals surface area contributed by atoms with Crippen molar-refractivity contribution in [1.29, 1.82) is 0 Å². The Balaban J connectivity index is 2.05. The number of hydrogen-bond donors (Lipinski definition) is 2. The van der Waals surface area contributed by atoms with Gasteiger partial charge in [-0.1, -0.05) is 24.3 Å². The van der Waals surface area contributed by atoms with E-state index in [4.69, 9.17) is 12.2 Å². The molecule has 0 atom stereocenters. The van der Waals surface area contributed by atoms with E-state index in [1.807, 2.05) is 32.0 Å². The normalized spacial score (nSPS) is 16.3. The summed E-state index contributed by atoms with van der Waals surface area (Å²) in [7, 11) is 0. The molecule has 5 nitrogen and oxygen atoms in total. The largest absolute Gasteiger partial charge is 0.508 e. The van der Waals surface area contributed by atoms with Crippen molar-refractivity contribution in [1.82, 2.24) is 5.32 Å². The molecule has 0 radical (unpaired) electrons. The number of rotatable bonds is 2. The lowest BCUT2D eigenvalue weighted by Gasteiger charge is -2.30. The first-order chi connectivity index (χ1) is 11.9. The molecule has 6 heteroatoms. The average molecular weight is 352 g/mol. The number of benzene rings is 2. The lowest BCUT2D eigenvalue weighted by atomic mass is 10.0. The molecule has 25 heavy (non-hydrogen) atoms. The van der Waals surface area contributed by atoms with Crippen LogP contribution in [0.15, 0.2) is 48.0 Å². The highest BCUT2D eigenvalue weighted by atomic mass is 32.1. The highest BCUT2D eigenvalue weighted by Crippen LogP contribution is 2.26. The van der Waals surface area contributed by atoms with E-state index in [1.165, 1.54) is 23.1 Å². The van der Waals surface area contributed by atoms with Crippen molar-refractivity contribution in [2.45, 2.75) is 13.8 Å². The molecule has 2 aromatic carbocycles. The number of nitrogens with zero attached hydrogens (tertiary/aromatic N) is 1. The van der Waals surface area contributed by atoms with Crippen molar-refractivity contribution in [3.8, 4) is 5.75 Å². The molecule has 1 heterocycles. The fraction of sp³-hybridized carbons (Fsp3) is 0.105. The van der Waals surface area contributed by atoms with Gasteiger partial charge in [-0.05, 0) is 67.0 Å². The number of phenols is 1. The van der Waals surface area contributed by atoms with Crippen molar-refractivity contribution in [2.75, 3.05) is 4.90 Å². The molecule has 2 aromatic rings. The number of nitrogens with one attached hydrogen (secondary N) is 1. The molecule has 0 unspecified atom stereocenters. The van der Waals surface area contributed by atoms with Gasteiger partial charge in [-0.15, -0.1) is 0 Å². The summed E-state index contributed by atoms with van der Waals surface area (Å²) in [6, 6.07) is 11.9. The minimum absolute atomic E-state index is 0.0137. The van der Waals surface area contributed by atoms with E-state index >= 15 is 0 Å². The van der Waals surface area contributed by atoms with Gasteiger partial charge in [-0.2, -0.15) is 0 Å². The van der Waals surface area contributed by atoms with Gasteiger partial charge in [0.1, 0.15) is 11.3 Å². The molecule has 2 N–H and O–H groups in total.